The number of likely N-dealkylation sites (tertiary alicyclic amines) is 1. The molecule has 8 heteroatoms. The summed E-state index contributed by atoms with van der Waals surface area (Å²) < 4.78 is 24.2. The first-order chi connectivity index (χ1) is 15.5. The number of aliphatic hydroxyl groups is 1. The van der Waals surface area contributed by atoms with Gasteiger partial charge in [-0.3, -0.25) is 14.6 Å². The van der Waals surface area contributed by atoms with Crippen molar-refractivity contribution in [3.05, 3.63) is 95.1 Å². The largest absolute Gasteiger partial charge is 0.507 e. The molecule has 0 saturated carbocycles. The van der Waals surface area contributed by atoms with E-state index >= 15 is 0 Å². The third-order valence-corrected chi connectivity index (χ3v) is 5.43. The topological polar surface area (TPSA) is 89.0 Å². The van der Waals surface area contributed by atoms with Crippen LogP contribution in [-0.4, -0.2) is 33.5 Å². The van der Waals surface area contributed by atoms with Crippen molar-refractivity contribution in [2.75, 3.05) is 6.79 Å². The Morgan fingerprint density at radius 3 is 2.59 bits per heavy atom. The van der Waals surface area contributed by atoms with Crippen LogP contribution in [-0.2, 0) is 16.1 Å². The number of benzene rings is 2. The van der Waals surface area contributed by atoms with Gasteiger partial charge in [-0.2, -0.15) is 0 Å². The zero-order valence-corrected chi connectivity index (χ0v) is 16.7. The van der Waals surface area contributed by atoms with Crippen LogP contribution in [0.3, 0.4) is 0 Å². The second-order valence-electron chi connectivity index (χ2n) is 7.37. The molecule has 7 nitrogen and oxygen atoms in total. The van der Waals surface area contributed by atoms with Crippen LogP contribution in [0.25, 0.3) is 5.76 Å². The molecular weight excluding hydrogens is 415 g/mol. The van der Waals surface area contributed by atoms with Crippen molar-refractivity contribution in [1.29, 1.82) is 0 Å². The quantitative estimate of drug-likeness (QED) is 0.385. The van der Waals surface area contributed by atoms with Crippen LogP contribution in [0.2, 0.25) is 0 Å². The molecule has 0 radical (unpaired) electrons. The molecule has 1 fully saturated rings. The predicted molar refractivity (Wildman–Crippen MR) is 111 cm³/mol. The lowest BCUT2D eigenvalue weighted by molar-refractivity contribution is -0.140. The molecule has 1 unspecified atom stereocenters. The van der Waals surface area contributed by atoms with E-state index in [2.05, 4.69) is 4.98 Å². The maximum absolute atomic E-state index is 13.6. The minimum atomic E-state index is -0.914. The van der Waals surface area contributed by atoms with Crippen LogP contribution < -0.4 is 9.47 Å². The average molecular weight is 432 g/mol. The van der Waals surface area contributed by atoms with Gasteiger partial charge < -0.3 is 19.5 Å². The molecule has 2 aliphatic rings. The van der Waals surface area contributed by atoms with E-state index in [0.29, 0.717) is 28.3 Å². The SMILES string of the molecule is O=C1C(=O)N(Cc2ccccn2)C(c2ccc(F)cc2)/C1=C(/O)c1ccc2c(c1)OCO2. The fourth-order valence-electron chi connectivity index (χ4n) is 3.90. The highest BCUT2D eigenvalue weighted by molar-refractivity contribution is 6.46. The second kappa shape index (κ2) is 7.81. The van der Waals surface area contributed by atoms with Crippen LogP contribution in [0, 0.1) is 5.82 Å². The summed E-state index contributed by atoms with van der Waals surface area (Å²) in [4.78, 5) is 31.6. The molecule has 1 saturated heterocycles. The minimum absolute atomic E-state index is 0.0470. The third-order valence-electron chi connectivity index (χ3n) is 5.43. The molecule has 0 bridgehead atoms. The maximum atomic E-state index is 13.6. The van der Waals surface area contributed by atoms with E-state index in [1.165, 1.54) is 29.2 Å². The van der Waals surface area contributed by atoms with Gasteiger partial charge >= 0.3 is 0 Å². The molecular formula is C24H17FN2O5. The van der Waals surface area contributed by atoms with E-state index in [0.717, 1.165) is 0 Å². The Morgan fingerprint density at radius 1 is 1.06 bits per heavy atom. The van der Waals surface area contributed by atoms with Gasteiger partial charge in [0.05, 0.1) is 23.9 Å². The lowest BCUT2D eigenvalue weighted by Gasteiger charge is -2.25. The summed E-state index contributed by atoms with van der Waals surface area (Å²) in [6.07, 6.45) is 1.59. The highest BCUT2D eigenvalue weighted by atomic mass is 19.1. The van der Waals surface area contributed by atoms with E-state index in [4.69, 9.17) is 9.47 Å². The van der Waals surface area contributed by atoms with Gasteiger partial charge in [0, 0.05) is 11.8 Å². The fourth-order valence-corrected chi connectivity index (χ4v) is 3.90. The number of Topliss-reactive ketones (excluding diaryl/α,β-unsaturated/α-hetero) is 1. The Labute approximate surface area is 182 Å². The van der Waals surface area contributed by atoms with Crippen LogP contribution >= 0.6 is 0 Å². The minimum Gasteiger partial charge on any atom is -0.507 e. The second-order valence-corrected chi connectivity index (χ2v) is 7.37. The van der Waals surface area contributed by atoms with Crippen molar-refractivity contribution in [2.24, 2.45) is 0 Å². The summed E-state index contributed by atoms with van der Waals surface area (Å²) in [5, 5.41) is 11.1. The summed E-state index contributed by atoms with van der Waals surface area (Å²) in [5.41, 5.74) is 1.28. The Kier molecular flexibility index (Phi) is 4.82. The molecule has 2 aromatic carbocycles. The lowest BCUT2D eigenvalue weighted by Crippen LogP contribution is -2.29. The molecule has 1 N–H and O–H groups in total. The van der Waals surface area contributed by atoms with Gasteiger partial charge in [-0.05, 0) is 48.0 Å². The molecule has 1 aromatic heterocycles. The number of aliphatic hydroxyl groups excluding tert-OH is 1. The highest BCUT2D eigenvalue weighted by Gasteiger charge is 2.46. The van der Waals surface area contributed by atoms with Crippen LogP contribution in [0.15, 0.2) is 72.4 Å². The molecule has 1 atom stereocenters. The zero-order valence-electron chi connectivity index (χ0n) is 16.7. The molecule has 3 heterocycles. The van der Waals surface area contributed by atoms with Crippen molar-refractivity contribution in [3.8, 4) is 11.5 Å². The highest BCUT2D eigenvalue weighted by Crippen LogP contribution is 2.42. The van der Waals surface area contributed by atoms with Gasteiger partial charge in [-0.1, -0.05) is 18.2 Å². The summed E-state index contributed by atoms with van der Waals surface area (Å²) in [6, 6.07) is 14.6. The molecule has 1 amide bonds. The molecule has 5 rings (SSSR count). The lowest BCUT2D eigenvalue weighted by atomic mass is 9.95. The van der Waals surface area contributed by atoms with E-state index < -0.39 is 23.5 Å². The number of pyridine rings is 1. The predicted octanol–water partition coefficient (Wildman–Crippen LogP) is 3.57. The van der Waals surface area contributed by atoms with E-state index in [1.807, 2.05) is 0 Å². The van der Waals surface area contributed by atoms with Gasteiger partial charge in [0.25, 0.3) is 11.7 Å². The van der Waals surface area contributed by atoms with Crippen molar-refractivity contribution in [2.45, 2.75) is 12.6 Å². The summed E-state index contributed by atoms with van der Waals surface area (Å²) >= 11 is 0. The van der Waals surface area contributed by atoms with Crippen LogP contribution in [0.1, 0.15) is 22.9 Å². The number of amides is 1. The first-order valence-corrected chi connectivity index (χ1v) is 9.87. The number of rotatable bonds is 4. The van der Waals surface area contributed by atoms with E-state index in [9.17, 15) is 19.1 Å². The number of hydrogen-bond donors (Lipinski definition) is 1. The summed E-state index contributed by atoms with van der Waals surface area (Å²) in [7, 11) is 0. The molecule has 0 spiro atoms. The Balaban J connectivity index is 1.64. The van der Waals surface area contributed by atoms with Crippen LogP contribution in [0.4, 0.5) is 4.39 Å². The van der Waals surface area contributed by atoms with Crippen LogP contribution in [0.5, 0.6) is 11.5 Å². The number of ketones is 1. The smallest absolute Gasteiger partial charge is 0.296 e. The Hall–Kier alpha value is -4.20. The van der Waals surface area contributed by atoms with Gasteiger partial charge in [-0.25, -0.2) is 4.39 Å². The maximum Gasteiger partial charge on any atom is 0.296 e. The fraction of sp³-hybridized carbons (Fsp3) is 0.125. The summed E-state index contributed by atoms with van der Waals surface area (Å²) in [5.74, 6) is -1.45. The number of halogens is 1. The average Bonchev–Trinajstić information content (AvgIpc) is 3.38. The summed E-state index contributed by atoms with van der Waals surface area (Å²) in [6.45, 7) is 0.106. The van der Waals surface area contributed by atoms with Gasteiger partial charge in [-0.15, -0.1) is 0 Å². The number of nitrogens with zero attached hydrogens (tertiary/aromatic N) is 2. The Morgan fingerprint density at radius 2 is 1.84 bits per heavy atom. The monoisotopic (exact) mass is 432 g/mol. The number of fused-ring (bicyclic) bond motifs is 1. The normalized spacial score (nSPS) is 18.9. The number of hydrogen-bond acceptors (Lipinski definition) is 6. The van der Waals surface area contributed by atoms with Crippen molar-refractivity contribution >= 4 is 17.4 Å². The standard InChI is InChI=1S/C24H17FN2O5/c25-16-7-4-14(5-8-16)21-20(22(28)15-6-9-18-19(11-15)32-13-31-18)23(29)24(30)27(21)12-17-3-1-2-10-26-17/h1-11,21,28H,12-13H2/b22-20-. The van der Waals surface area contributed by atoms with Gasteiger partial charge in [0.15, 0.2) is 11.5 Å². The number of ether oxygens (including phenoxy) is 2. The van der Waals surface area contributed by atoms with E-state index in [1.54, 1.807) is 42.6 Å². The molecule has 0 aliphatic carbocycles. The first-order valence-electron chi connectivity index (χ1n) is 9.87. The van der Waals surface area contributed by atoms with Crippen molar-refractivity contribution in [1.82, 2.24) is 9.88 Å². The van der Waals surface area contributed by atoms with Gasteiger partial charge in [0.1, 0.15) is 11.6 Å². The van der Waals surface area contributed by atoms with Crippen molar-refractivity contribution < 1.29 is 28.6 Å². The van der Waals surface area contributed by atoms with Gasteiger partial charge in [0.2, 0.25) is 6.79 Å². The number of aromatic nitrogens is 1. The van der Waals surface area contributed by atoms with E-state index in [-0.39, 0.29) is 24.7 Å². The first kappa shape index (κ1) is 19.7. The number of carbonyl (C=O) groups excluding carboxylic acids is 2. The molecule has 32 heavy (non-hydrogen) atoms. The molecule has 2 aliphatic heterocycles. The zero-order chi connectivity index (χ0) is 22.2. The molecule has 3 aromatic rings. The number of carbonyl (C=O) groups is 2. The Bertz CT molecular complexity index is 1240. The molecule has 160 valence electrons. The third kappa shape index (κ3) is 3.35. The van der Waals surface area contributed by atoms with Crippen molar-refractivity contribution in [3.63, 3.8) is 0 Å².